The first-order valence-corrected chi connectivity index (χ1v) is 5.89. The molecule has 3 heteroatoms. The minimum atomic E-state index is 0.754. The Labute approximate surface area is 88.9 Å². The van der Waals surface area contributed by atoms with Gasteiger partial charge in [-0.05, 0) is 25.3 Å². The summed E-state index contributed by atoms with van der Waals surface area (Å²) < 4.78 is 0.754. The van der Waals surface area contributed by atoms with Gasteiger partial charge in [-0.3, -0.25) is 0 Å². The summed E-state index contributed by atoms with van der Waals surface area (Å²) in [4.78, 5) is 1.36. The second-order valence-electron chi connectivity index (χ2n) is 3.29. The molecule has 1 nitrogen and oxygen atoms in total. The Hall–Kier alpha value is -0.210. The van der Waals surface area contributed by atoms with Crippen LogP contribution in [0.5, 0.6) is 0 Å². The van der Waals surface area contributed by atoms with Crippen molar-refractivity contribution in [2.24, 2.45) is 0 Å². The molecule has 0 radical (unpaired) electrons. The van der Waals surface area contributed by atoms with Crippen LogP contribution in [0.25, 0.3) is 0 Å². The fraction of sp³-hybridized carbons (Fsp3) is 0.600. The van der Waals surface area contributed by atoms with Crippen molar-refractivity contribution >= 4 is 28.6 Å². The van der Waals surface area contributed by atoms with Gasteiger partial charge in [-0.15, -0.1) is 11.3 Å². The van der Waals surface area contributed by atoms with E-state index in [4.69, 9.17) is 17.3 Å². The second kappa shape index (κ2) is 4.87. The van der Waals surface area contributed by atoms with Gasteiger partial charge in [0.2, 0.25) is 0 Å². The molecule has 0 unspecified atom stereocenters. The number of hydrogen-bond acceptors (Lipinski definition) is 2. The van der Waals surface area contributed by atoms with E-state index in [1.165, 1.54) is 29.7 Å². The maximum absolute atomic E-state index is 5.94. The minimum Gasteiger partial charge on any atom is -0.397 e. The molecule has 0 fully saturated rings. The number of thiophene rings is 1. The Morgan fingerprint density at radius 2 is 2.08 bits per heavy atom. The maximum Gasteiger partial charge on any atom is 0.116 e. The van der Waals surface area contributed by atoms with Crippen LogP contribution in [0.1, 0.15) is 36.6 Å². The quantitative estimate of drug-likeness (QED) is 0.758. The highest BCUT2D eigenvalue weighted by molar-refractivity contribution is 7.17. The van der Waals surface area contributed by atoms with E-state index in [1.807, 2.05) is 0 Å². The van der Waals surface area contributed by atoms with Crippen molar-refractivity contribution in [3.8, 4) is 0 Å². The van der Waals surface area contributed by atoms with Crippen molar-refractivity contribution in [2.75, 3.05) is 5.73 Å². The van der Waals surface area contributed by atoms with Crippen LogP contribution in [0, 0.1) is 6.92 Å². The third-order valence-corrected chi connectivity index (χ3v) is 3.85. The lowest BCUT2D eigenvalue weighted by Crippen LogP contribution is -1.88. The third kappa shape index (κ3) is 2.61. The van der Waals surface area contributed by atoms with Gasteiger partial charge in [0.15, 0.2) is 0 Å². The van der Waals surface area contributed by atoms with E-state index in [0.29, 0.717) is 0 Å². The number of hydrogen-bond donors (Lipinski definition) is 1. The van der Waals surface area contributed by atoms with E-state index < -0.39 is 0 Å². The van der Waals surface area contributed by atoms with Gasteiger partial charge in [-0.25, -0.2) is 0 Å². The predicted octanol–water partition coefficient (Wildman–Crippen LogP) is 4.02. The van der Waals surface area contributed by atoms with Crippen molar-refractivity contribution < 1.29 is 0 Å². The second-order valence-corrected chi connectivity index (χ2v) is 5.00. The summed E-state index contributed by atoms with van der Waals surface area (Å²) >= 11 is 7.57. The van der Waals surface area contributed by atoms with Gasteiger partial charge >= 0.3 is 0 Å². The average Bonchev–Trinajstić information content (AvgIpc) is 2.34. The summed E-state index contributed by atoms with van der Waals surface area (Å²) in [5.74, 6) is 0. The smallest absolute Gasteiger partial charge is 0.116 e. The van der Waals surface area contributed by atoms with Crippen molar-refractivity contribution in [3.63, 3.8) is 0 Å². The molecule has 0 saturated carbocycles. The summed E-state index contributed by atoms with van der Waals surface area (Å²) in [5, 5.41) is 0. The van der Waals surface area contributed by atoms with Crippen LogP contribution in [0.3, 0.4) is 0 Å². The molecule has 0 aliphatic carbocycles. The van der Waals surface area contributed by atoms with E-state index in [9.17, 15) is 0 Å². The largest absolute Gasteiger partial charge is 0.397 e. The molecule has 0 amide bonds. The van der Waals surface area contributed by atoms with E-state index in [1.54, 1.807) is 11.3 Å². The van der Waals surface area contributed by atoms with E-state index >= 15 is 0 Å². The Morgan fingerprint density at radius 1 is 1.38 bits per heavy atom. The van der Waals surface area contributed by atoms with Gasteiger partial charge < -0.3 is 5.73 Å². The highest BCUT2D eigenvalue weighted by atomic mass is 35.5. The molecule has 1 aromatic rings. The Balaban J connectivity index is 2.61. The number of nitrogen functional groups attached to an aromatic ring is 1. The lowest BCUT2D eigenvalue weighted by molar-refractivity contribution is 0.721. The molecule has 0 bridgehead atoms. The zero-order valence-electron chi connectivity index (χ0n) is 8.19. The molecule has 1 aromatic heterocycles. The van der Waals surface area contributed by atoms with Crippen molar-refractivity contribution in [1.82, 2.24) is 0 Å². The van der Waals surface area contributed by atoms with Crippen LogP contribution in [-0.2, 0) is 6.42 Å². The first kappa shape index (κ1) is 10.9. The summed E-state index contributed by atoms with van der Waals surface area (Å²) in [6, 6.07) is 0. The van der Waals surface area contributed by atoms with E-state index in [2.05, 4.69) is 13.8 Å². The third-order valence-electron chi connectivity index (χ3n) is 2.25. The van der Waals surface area contributed by atoms with Crippen LogP contribution in [0.15, 0.2) is 0 Å². The Bertz CT molecular complexity index is 281. The van der Waals surface area contributed by atoms with Gasteiger partial charge in [0.05, 0.1) is 5.69 Å². The molecule has 13 heavy (non-hydrogen) atoms. The zero-order valence-corrected chi connectivity index (χ0v) is 9.76. The molecule has 0 aliphatic rings. The zero-order chi connectivity index (χ0) is 9.84. The number of unbranched alkanes of at least 4 members (excludes halogenated alkanes) is 2. The molecular formula is C10H16ClNS. The summed E-state index contributed by atoms with van der Waals surface area (Å²) in [7, 11) is 0. The summed E-state index contributed by atoms with van der Waals surface area (Å²) in [6.45, 7) is 4.27. The van der Waals surface area contributed by atoms with Gasteiger partial charge in [-0.1, -0.05) is 31.4 Å². The van der Waals surface area contributed by atoms with Crippen LogP contribution >= 0.6 is 22.9 Å². The number of aryl methyl sites for hydroxylation is 1. The van der Waals surface area contributed by atoms with Gasteiger partial charge in [0, 0.05) is 4.88 Å². The van der Waals surface area contributed by atoms with Gasteiger partial charge in [0.1, 0.15) is 4.34 Å². The van der Waals surface area contributed by atoms with Crippen LogP contribution < -0.4 is 5.73 Å². The Morgan fingerprint density at radius 3 is 2.54 bits per heavy atom. The fourth-order valence-corrected chi connectivity index (χ4v) is 2.72. The average molecular weight is 218 g/mol. The van der Waals surface area contributed by atoms with E-state index in [0.717, 1.165) is 16.4 Å². The fourth-order valence-electron chi connectivity index (χ4n) is 1.31. The molecule has 0 saturated heterocycles. The monoisotopic (exact) mass is 217 g/mol. The summed E-state index contributed by atoms with van der Waals surface area (Å²) in [5.41, 5.74) is 7.75. The topological polar surface area (TPSA) is 26.0 Å². The molecule has 0 aliphatic heterocycles. The first-order chi connectivity index (χ1) is 6.16. The van der Waals surface area contributed by atoms with Crippen LogP contribution in [-0.4, -0.2) is 0 Å². The summed E-state index contributed by atoms with van der Waals surface area (Å²) in [6.07, 6.45) is 4.91. The first-order valence-electron chi connectivity index (χ1n) is 4.70. The highest BCUT2D eigenvalue weighted by Gasteiger charge is 2.09. The number of rotatable bonds is 4. The van der Waals surface area contributed by atoms with Crippen molar-refractivity contribution in [1.29, 1.82) is 0 Å². The van der Waals surface area contributed by atoms with Gasteiger partial charge in [-0.2, -0.15) is 0 Å². The molecule has 2 N–H and O–H groups in total. The Kier molecular flexibility index (Phi) is 4.07. The van der Waals surface area contributed by atoms with Crippen LogP contribution in [0.2, 0.25) is 4.34 Å². The SMILES string of the molecule is CCCCCc1sc(Cl)c(N)c1C. The van der Waals surface area contributed by atoms with Crippen molar-refractivity contribution in [2.45, 2.75) is 39.5 Å². The molecule has 1 heterocycles. The van der Waals surface area contributed by atoms with Crippen LogP contribution in [0.4, 0.5) is 5.69 Å². The maximum atomic E-state index is 5.94. The normalized spacial score (nSPS) is 10.7. The molecule has 1 rings (SSSR count). The molecule has 0 aromatic carbocycles. The van der Waals surface area contributed by atoms with Crippen molar-refractivity contribution in [3.05, 3.63) is 14.8 Å². The molecule has 0 spiro atoms. The lowest BCUT2D eigenvalue weighted by Gasteiger charge is -1.98. The molecular weight excluding hydrogens is 202 g/mol. The minimum absolute atomic E-state index is 0.754. The number of anilines is 1. The number of halogens is 1. The highest BCUT2D eigenvalue weighted by Crippen LogP contribution is 2.35. The molecule has 74 valence electrons. The molecule has 0 atom stereocenters. The van der Waals surface area contributed by atoms with Gasteiger partial charge in [0.25, 0.3) is 0 Å². The predicted molar refractivity (Wildman–Crippen MR) is 61.7 cm³/mol. The number of nitrogens with two attached hydrogens (primary N) is 1. The lowest BCUT2D eigenvalue weighted by atomic mass is 10.1. The van der Waals surface area contributed by atoms with E-state index in [-0.39, 0.29) is 0 Å². The standard InChI is InChI=1S/C10H16ClNS/c1-3-4-5-6-8-7(2)9(12)10(11)13-8/h3-6,12H2,1-2H3.